The molecule has 178 valence electrons. The topological polar surface area (TPSA) is 18.5 Å². The van der Waals surface area contributed by atoms with Gasteiger partial charge in [0.05, 0.1) is 12.7 Å². The number of ether oxygens (including phenoxy) is 2. The molecule has 0 radical (unpaired) electrons. The van der Waals surface area contributed by atoms with Gasteiger partial charge in [-0.05, 0) is 48.6 Å². The van der Waals surface area contributed by atoms with E-state index in [-0.39, 0.29) is 6.10 Å². The molecule has 2 aromatic carbocycles. The van der Waals surface area contributed by atoms with Crippen molar-refractivity contribution >= 4 is 0 Å². The van der Waals surface area contributed by atoms with Crippen LogP contribution in [0.2, 0.25) is 0 Å². The van der Waals surface area contributed by atoms with E-state index in [2.05, 4.69) is 69.3 Å². The van der Waals surface area contributed by atoms with Crippen LogP contribution < -0.4 is 4.74 Å². The van der Waals surface area contributed by atoms with E-state index < -0.39 is 0 Å². The van der Waals surface area contributed by atoms with Crippen molar-refractivity contribution in [3.05, 3.63) is 54.1 Å². The van der Waals surface area contributed by atoms with E-state index in [9.17, 15) is 0 Å². The molecule has 2 heteroatoms. The lowest BCUT2D eigenvalue weighted by molar-refractivity contribution is 0.0663. The highest BCUT2D eigenvalue weighted by Gasteiger charge is 2.06. The Bertz CT molecular complexity index is 690. The van der Waals surface area contributed by atoms with Crippen LogP contribution in [0.25, 0.3) is 11.1 Å². The van der Waals surface area contributed by atoms with Crippen molar-refractivity contribution in [2.45, 2.75) is 104 Å². The SMILES string of the molecule is CCCCCCCCCCCCCOc1ccc(-c2ccc(C(C)OCCC)cc2)cc1. The van der Waals surface area contributed by atoms with Crippen LogP contribution in [0.5, 0.6) is 5.75 Å². The molecule has 1 atom stereocenters. The molecule has 0 saturated heterocycles. The average molecular weight is 439 g/mol. The lowest BCUT2D eigenvalue weighted by Gasteiger charge is -2.13. The summed E-state index contributed by atoms with van der Waals surface area (Å²) < 4.78 is 11.8. The molecule has 32 heavy (non-hydrogen) atoms. The Balaban J connectivity index is 1.59. The van der Waals surface area contributed by atoms with Gasteiger partial charge in [0, 0.05) is 6.61 Å². The molecule has 1 unspecified atom stereocenters. The molecule has 0 fully saturated rings. The Morgan fingerprint density at radius 3 is 1.59 bits per heavy atom. The maximum atomic E-state index is 5.95. The second kappa shape index (κ2) is 16.8. The predicted molar refractivity (Wildman–Crippen MR) is 138 cm³/mol. The Morgan fingerprint density at radius 2 is 1.06 bits per heavy atom. The van der Waals surface area contributed by atoms with Crippen LogP contribution in [0.3, 0.4) is 0 Å². The van der Waals surface area contributed by atoms with Gasteiger partial charge in [0.15, 0.2) is 0 Å². The summed E-state index contributed by atoms with van der Waals surface area (Å²) in [7, 11) is 0. The third-order valence-electron chi connectivity index (χ3n) is 6.16. The predicted octanol–water partition coefficient (Wildman–Crippen LogP) is 9.53. The fraction of sp³-hybridized carbons (Fsp3) is 0.600. The van der Waals surface area contributed by atoms with Gasteiger partial charge in [-0.2, -0.15) is 0 Å². The first-order valence-corrected chi connectivity index (χ1v) is 13.2. The van der Waals surface area contributed by atoms with Crippen LogP contribution in [0, 0.1) is 0 Å². The van der Waals surface area contributed by atoms with E-state index >= 15 is 0 Å². The van der Waals surface area contributed by atoms with E-state index in [4.69, 9.17) is 9.47 Å². The smallest absolute Gasteiger partial charge is 0.119 e. The molecule has 0 heterocycles. The van der Waals surface area contributed by atoms with E-state index in [1.807, 2.05) is 0 Å². The van der Waals surface area contributed by atoms with Gasteiger partial charge in [-0.15, -0.1) is 0 Å². The van der Waals surface area contributed by atoms with Gasteiger partial charge in [0.2, 0.25) is 0 Å². The van der Waals surface area contributed by atoms with Crippen molar-refractivity contribution in [1.29, 1.82) is 0 Å². The minimum Gasteiger partial charge on any atom is -0.494 e. The standard InChI is InChI=1S/C30H46O2/c1-4-6-7-8-9-10-11-12-13-14-15-25-32-30-22-20-29(21-23-30)28-18-16-27(17-19-28)26(3)31-24-5-2/h16-23,26H,4-15,24-25H2,1-3H3. The zero-order valence-electron chi connectivity index (χ0n) is 20.9. The Labute approximate surface area is 197 Å². The Hall–Kier alpha value is -1.80. The number of benzene rings is 2. The maximum Gasteiger partial charge on any atom is 0.119 e. The normalized spacial score (nSPS) is 12.1. The molecule has 0 saturated carbocycles. The van der Waals surface area contributed by atoms with Crippen LogP contribution in [0.1, 0.15) is 109 Å². The maximum absolute atomic E-state index is 5.95. The highest BCUT2D eigenvalue weighted by Crippen LogP contribution is 2.25. The van der Waals surface area contributed by atoms with Crippen LogP contribution in [-0.2, 0) is 4.74 Å². The van der Waals surface area contributed by atoms with Gasteiger partial charge >= 0.3 is 0 Å². The third kappa shape index (κ3) is 10.7. The number of hydrogen-bond donors (Lipinski definition) is 0. The van der Waals surface area contributed by atoms with E-state index in [1.165, 1.54) is 80.9 Å². The molecule has 2 aromatic rings. The summed E-state index contributed by atoms with van der Waals surface area (Å²) in [5.41, 5.74) is 3.68. The Kier molecular flexibility index (Phi) is 13.9. The summed E-state index contributed by atoms with van der Waals surface area (Å²) in [6.45, 7) is 8.17. The molecule has 0 spiro atoms. The Morgan fingerprint density at radius 1 is 0.562 bits per heavy atom. The molecule has 0 bridgehead atoms. The molecule has 0 aromatic heterocycles. The van der Waals surface area contributed by atoms with Crippen molar-refractivity contribution in [2.24, 2.45) is 0 Å². The fourth-order valence-corrected chi connectivity index (χ4v) is 4.04. The molecular weight excluding hydrogens is 392 g/mol. The van der Waals surface area contributed by atoms with Crippen LogP contribution >= 0.6 is 0 Å². The average Bonchev–Trinajstić information content (AvgIpc) is 2.83. The molecule has 0 N–H and O–H groups in total. The van der Waals surface area contributed by atoms with Gasteiger partial charge in [-0.3, -0.25) is 0 Å². The third-order valence-corrected chi connectivity index (χ3v) is 6.16. The highest BCUT2D eigenvalue weighted by atomic mass is 16.5. The monoisotopic (exact) mass is 438 g/mol. The molecule has 2 nitrogen and oxygen atoms in total. The van der Waals surface area contributed by atoms with Crippen LogP contribution in [0.4, 0.5) is 0 Å². The van der Waals surface area contributed by atoms with Gasteiger partial charge < -0.3 is 9.47 Å². The molecule has 0 amide bonds. The first-order chi connectivity index (χ1) is 15.7. The highest BCUT2D eigenvalue weighted by molar-refractivity contribution is 5.64. The zero-order chi connectivity index (χ0) is 22.9. The van der Waals surface area contributed by atoms with Crippen LogP contribution in [0.15, 0.2) is 48.5 Å². The summed E-state index contributed by atoms with van der Waals surface area (Å²) >= 11 is 0. The van der Waals surface area contributed by atoms with E-state index in [0.29, 0.717) is 0 Å². The summed E-state index contributed by atoms with van der Waals surface area (Å²) in [4.78, 5) is 0. The van der Waals surface area contributed by atoms with Crippen molar-refractivity contribution in [1.82, 2.24) is 0 Å². The minimum absolute atomic E-state index is 0.148. The molecule has 2 rings (SSSR count). The van der Waals surface area contributed by atoms with Crippen molar-refractivity contribution < 1.29 is 9.47 Å². The molecular formula is C30H46O2. The zero-order valence-corrected chi connectivity index (χ0v) is 20.9. The second-order valence-corrected chi connectivity index (χ2v) is 9.04. The molecule has 0 aliphatic heterocycles. The quantitative estimate of drug-likeness (QED) is 0.216. The molecule has 0 aliphatic carbocycles. The largest absolute Gasteiger partial charge is 0.494 e. The van der Waals surface area contributed by atoms with Crippen LogP contribution in [-0.4, -0.2) is 13.2 Å². The summed E-state index contributed by atoms with van der Waals surface area (Å²) in [6.07, 6.45) is 16.2. The van der Waals surface area contributed by atoms with Gasteiger partial charge in [0.1, 0.15) is 5.75 Å². The van der Waals surface area contributed by atoms with Gasteiger partial charge in [-0.1, -0.05) is 114 Å². The number of hydrogen-bond acceptors (Lipinski definition) is 2. The van der Waals surface area contributed by atoms with E-state index in [0.717, 1.165) is 31.8 Å². The van der Waals surface area contributed by atoms with Gasteiger partial charge in [0.25, 0.3) is 0 Å². The van der Waals surface area contributed by atoms with Crippen molar-refractivity contribution in [3.63, 3.8) is 0 Å². The minimum atomic E-state index is 0.148. The second-order valence-electron chi connectivity index (χ2n) is 9.04. The van der Waals surface area contributed by atoms with Crippen molar-refractivity contribution in [3.8, 4) is 16.9 Å². The first kappa shape index (κ1) is 26.5. The van der Waals surface area contributed by atoms with E-state index in [1.54, 1.807) is 0 Å². The summed E-state index contributed by atoms with van der Waals surface area (Å²) in [5, 5.41) is 0. The molecule has 0 aliphatic rings. The van der Waals surface area contributed by atoms with Gasteiger partial charge in [-0.25, -0.2) is 0 Å². The first-order valence-electron chi connectivity index (χ1n) is 13.2. The summed E-state index contributed by atoms with van der Waals surface area (Å²) in [6, 6.07) is 17.2. The lowest BCUT2D eigenvalue weighted by atomic mass is 10.0. The fourth-order valence-electron chi connectivity index (χ4n) is 4.04. The lowest BCUT2D eigenvalue weighted by Crippen LogP contribution is -2.00. The number of unbranched alkanes of at least 4 members (excludes halogenated alkanes) is 10. The number of rotatable bonds is 18. The summed E-state index contributed by atoms with van der Waals surface area (Å²) in [5.74, 6) is 0.971. The van der Waals surface area contributed by atoms with Crippen molar-refractivity contribution in [2.75, 3.05) is 13.2 Å².